The van der Waals surface area contributed by atoms with Gasteiger partial charge in [-0.05, 0) is 13.3 Å². The van der Waals surface area contributed by atoms with Crippen molar-refractivity contribution in [3.63, 3.8) is 0 Å². The molecule has 20 heavy (non-hydrogen) atoms. The van der Waals surface area contributed by atoms with Crippen molar-refractivity contribution in [2.45, 2.75) is 19.4 Å². The fourth-order valence-corrected chi connectivity index (χ4v) is 2.57. The number of nitrogens with zero attached hydrogens (tertiary/aromatic N) is 5. The Kier molecular flexibility index (Phi) is 3.79. The highest BCUT2D eigenvalue weighted by molar-refractivity contribution is 5.48. The van der Waals surface area contributed by atoms with Crippen LogP contribution in [0, 0.1) is 6.92 Å². The Hall–Kier alpha value is -1.73. The maximum atomic E-state index is 5.60. The van der Waals surface area contributed by atoms with Crippen molar-refractivity contribution in [3.05, 3.63) is 18.1 Å². The Bertz CT molecular complexity index is 585. The van der Waals surface area contributed by atoms with Gasteiger partial charge >= 0.3 is 0 Å². The van der Waals surface area contributed by atoms with Crippen molar-refractivity contribution < 1.29 is 9.47 Å². The van der Waals surface area contributed by atoms with E-state index in [9.17, 15) is 0 Å². The zero-order valence-corrected chi connectivity index (χ0v) is 11.8. The lowest BCUT2D eigenvalue weighted by atomic mass is 10.1. The average molecular weight is 277 g/mol. The topological polar surface area (TPSA) is 64.8 Å². The van der Waals surface area contributed by atoms with Gasteiger partial charge in [-0.15, -0.1) is 0 Å². The molecule has 7 heteroatoms. The standard InChI is InChI=1S/C13H19N5O2/c1-10-7-12(18-13(16-10)14-9-15-18)17-4-6-20-8-11(17)3-5-19-2/h7,9,11H,3-6,8H2,1-2H3. The van der Waals surface area contributed by atoms with Crippen molar-refractivity contribution in [1.82, 2.24) is 19.6 Å². The third-order valence-corrected chi connectivity index (χ3v) is 3.54. The van der Waals surface area contributed by atoms with Crippen LogP contribution >= 0.6 is 0 Å². The molecule has 1 atom stereocenters. The van der Waals surface area contributed by atoms with Gasteiger partial charge in [0.25, 0.3) is 5.78 Å². The van der Waals surface area contributed by atoms with E-state index < -0.39 is 0 Å². The molecule has 3 heterocycles. The normalized spacial score (nSPS) is 19.7. The van der Waals surface area contributed by atoms with E-state index in [1.807, 2.05) is 13.0 Å². The molecule has 108 valence electrons. The summed E-state index contributed by atoms with van der Waals surface area (Å²) in [6, 6.07) is 2.34. The molecule has 0 spiro atoms. The van der Waals surface area contributed by atoms with Gasteiger partial charge in [0.2, 0.25) is 0 Å². The Morgan fingerprint density at radius 1 is 1.50 bits per heavy atom. The van der Waals surface area contributed by atoms with Crippen LogP contribution in [0.1, 0.15) is 12.1 Å². The van der Waals surface area contributed by atoms with Gasteiger partial charge in [-0.3, -0.25) is 0 Å². The van der Waals surface area contributed by atoms with E-state index in [4.69, 9.17) is 9.47 Å². The van der Waals surface area contributed by atoms with Crippen LogP contribution in [0.3, 0.4) is 0 Å². The number of hydrogen-bond acceptors (Lipinski definition) is 6. The number of aryl methyl sites for hydroxylation is 1. The van der Waals surface area contributed by atoms with Crippen LogP contribution in [0.15, 0.2) is 12.4 Å². The molecule has 0 bridgehead atoms. The first-order valence-corrected chi connectivity index (χ1v) is 6.80. The molecule has 1 aliphatic rings. The van der Waals surface area contributed by atoms with Crippen molar-refractivity contribution in [2.24, 2.45) is 0 Å². The monoisotopic (exact) mass is 277 g/mol. The second-order valence-corrected chi connectivity index (χ2v) is 4.93. The van der Waals surface area contributed by atoms with E-state index in [1.54, 1.807) is 11.6 Å². The summed E-state index contributed by atoms with van der Waals surface area (Å²) in [6.07, 6.45) is 2.46. The summed E-state index contributed by atoms with van der Waals surface area (Å²) in [4.78, 5) is 10.9. The minimum Gasteiger partial charge on any atom is -0.385 e. The van der Waals surface area contributed by atoms with Crippen molar-refractivity contribution >= 4 is 11.6 Å². The second kappa shape index (κ2) is 5.72. The zero-order chi connectivity index (χ0) is 13.9. The molecule has 0 aromatic carbocycles. The van der Waals surface area contributed by atoms with Crippen molar-refractivity contribution in [1.29, 1.82) is 0 Å². The Morgan fingerprint density at radius 3 is 3.25 bits per heavy atom. The summed E-state index contributed by atoms with van der Waals surface area (Å²) in [5, 5.41) is 4.28. The first-order chi connectivity index (χ1) is 9.79. The highest BCUT2D eigenvalue weighted by Crippen LogP contribution is 2.22. The van der Waals surface area contributed by atoms with E-state index in [0.717, 1.165) is 37.7 Å². The predicted octanol–water partition coefficient (Wildman–Crippen LogP) is 0.674. The number of fused-ring (bicyclic) bond motifs is 1. The third-order valence-electron chi connectivity index (χ3n) is 3.54. The maximum absolute atomic E-state index is 5.60. The highest BCUT2D eigenvalue weighted by atomic mass is 16.5. The van der Waals surface area contributed by atoms with Crippen LogP contribution < -0.4 is 4.90 Å². The zero-order valence-electron chi connectivity index (χ0n) is 11.8. The molecule has 1 fully saturated rings. The number of hydrogen-bond donors (Lipinski definition) is 0. The van der Waals surface area contributed by atoms with Gasteiger partial charge in [-0.1, -0.05) is 0 Å². The van der Waals surface area contributed by atoms with E-state index in [-0.39, 0.29) is 6.04 Å². The van der Waals surface area contributed by atoms with Crippen LogP contribution in [-0.2, 0) is 9.47 Å². The van der Waals surface area contributed by atoms with Gasteiger partial charge in [-0.25, -0.2) is 4.98 Å². The molecule has 3 rings (SSSR count). The van der Waals surface area contributed by atoms with Crippen LogP contribution in [0.4, 0.5) is 5.82 Å². The largest absolute Gasteiger partial charge is 0.385 e. The molecule has 2 aromatic heterocycles. The lowest BCUT2D eigenvalue weighted by molar-refractivity contribution is 0.0792. The maximum Gasteiger partial charge on any atom is 0.254 e. The molecule has 0 radical (unpaired) electrons. The molecular formula is C13H19N5O2. The average Bonchev–Trinajstić information content (AvgIpc) is 2.92. The number of rotatable bonds is 4. The van der Waals surface area contributed by atoms with Gasteiger partial charge in [0.1, 0.15) is 12.1 Å². The molecule has 0 N–H and O–H groups in total. The summed E-state index contributed by atoms with van der Waals surface area (Å²) in [5.41, 5.74) is 0.942. The van der Waals surface area contributed by atoms with Gasteiger partial charge < -0.3 is 14.4 Å². The molecule has 0 saturated carbocycles. The lowest BCUT2D eigenvalue weighted by Gasteiger charge is -2.37. The van der Waals surface area contributed by atoms with E-state index in [1.165, 1.54) is 6.33 Å². The predicted molar refractivity (Wildman–Crippen MR) is 74.0 cm³/mol. The fourth-order valence-electron chi connectivity index (χ4n) is 2.57. The Labute approximate surface area is 117 Å². The number of ether oxygens (including phenoxy) is 2. The van der Waals surface area contributed by atoms with E-state index in [0.29, 0.717) is 12.4 Å². The van der Waals surface area contributed by atoms with Crippen molar-refractivity contribution in [2.75, 3.05) is 38.4 Å². The minimum atomic E-state index is 0.290. The summed E-state index contributed by atoms with van der Waals surface area (Å²) in [6.45, 7) is 4.96. The van der Waals surface area contributed by atoms with Crippen LogP contribution in [-0.4, -0.2) is 59.1 Å². The summed E-state index contributed by atoms with van der Waals surface area (Å²) in [7, 11) is 1.72. The highest BCUT2D eigenvalue weighted by Gasteiger charge is 2.25. The summed E-state index contributed by atoms with van der Waals surface area (Å²) in [5.74, 6) is 1.66. The van der Waals surface area contributed by atoms with Gasteiger partial charge in [0.15, 0.2) is 0 Å². The van der Waals surface area contributed by atoms with E-state index in [2.05, 4.69) is 20.0 Å². The summed E-state index contributed by atoms with van der Waals surface area (Å²) < 4.78 is 12.6. The quantitative estimate of drug-likeness (QED) is 0.818. The lowest BCUT2D eigenvalue weighted by Crippen LogP contribution is -2.47. The van der Waals surface area contributed by atoms with Crippen LogP contribution in [0.2, 0.25) is 0 Å². The third kappa shape index (κ3) is 2.46. The molecule has 0 aliphatic carbocycles. The van der Waals surface area contributed by atoms with Gasteiger partial charge in [0.05, 0.1) is 19.3 Å². The number of morpholine rings is 1. The minimum absolute atomic E-state index is 0.290. The van der Waals surface area contributed by atoms with Gasteiger partial charge in [0, 0.05) is 32.0 Å². The van der Waals surface area contributed by atoms with Crippen molar-refractivity contribution in [3.8, 4) is 0 Å². The first kappa shape index (κ1) is 13.3. The Balaban J connectivity index is 1.96. The number of methoxy groups -OCH3 is 1. The molecule has 1 unspecified atom stereocenters. The fraction of sp³-hybridized carbons (Fsp3) is 0.615. The molecular weight excluding hydrogens is 258 g/mol. The molecule has 7 nitrogen and oxygen atoms in total. The molecule has 1 saturated heterocycles. The van der Waals surface area contributed by atoms with Gasteiger partial charge in [-0.2, -0.15) is 14.6 Å². The van der Waals surface area contributed by atoms with Crippen LogP contribution in [0.5, 0.6) is 0 Å². The number of anilines is 1. The van der Waals surface area contributed by atoms with Crippen LogP contribution in [0.25, 0.3) is 5.78 Å². The van der Waals surface area contributed by atoms with E-state index >= 15 is 0 Å². The molecule has 0 amide bonds. The molecule has 2 aromatic rings. The number of aromatic nitrogens is 4. The Morgan fingerprint density at radius 2 is 2.40 bits per heavy atom. The second-order valence-electron chi connectivity index (χ2n) is 4.93. The summed E-state index contributed by atoms with van der Waals surface area (Å²) >= 11 is 0. The molecule has 1 aliphatic heterocycles. The SMILES string of the molecule is COCCC1COCCN1c1cc(C)nc2ncnn12. The first-order valence-electron chi connectivity index (χ1n) is 6.80. The smallest absolute Gasteiger partial charge is 0.254 e.